The van der Waals surface area contributed by atoms with Crippen molar-refractivity contribution in [2.24, 2.45) is 7.05 Å². The number of hydrogen-bond donors (Lipinski definition) is 0. The second-order valence-electron chi connectivity index (χ2n) is 4.77. The van der Waals surface area contributed by atoms with Gasteiger partial charge in [-0.15, -0.1) is 0 Å². The van der Waals surface area contributed by atoms with Crippen molar-refractivity contribution < 1.29 is 9.32 Å². The molecule has 0 aliphatic heterocycles. The maximum atomic E-state index is 12.7. The van der Waals surface area contributed by atoms with E-state index in [0.717, 1.165) is 16.8 Å². The van der Waals surface area contributed by atoms with Crippen molar-refractivity contribution in [2.75, 3.05) is 11.4 Å². The van der Waals surface area contributed by atoms with Crippen LogP contribution in [-0.2, 0) is 7.05 Å². The van der Waals surface area contributed by atoms with Crippen LogP contribution in [0.2, 0.25) is 0 Å². The highest BCUT2D eigenvalue weighted by molar-refractivity contribution is 6.07. The third-order valence-electron chi connectivity index (χ3n) is 3.32. The zero-order chi connectivity index (χ0) is 15.0. The molecule has 7 heteroatoms. The number of amides is 1. The van der Waals surface area contributed by atoms with E-state index < -0.39 is 0 Å². The van der Waals surface area contributed by atoms with Crippen LogP contribution in [0.1, 0.15) is 23.0 Å². The first-order chi connectivity index (χ1) is 10.1. The summed E-state index contributed by atoms with van der Waals surface area (Å²) in [5.74, 6) is -0.125. The lowest BCUT2D eigenvalue weighted by molar-refractivity contribution is 0.0988. The van der Waals surface area contributed by atoms with E-state index in [1.165, 1.54) is 6.20 Å². The first-order valence-electron chi connectivity index (χ1n) is 6.62. The van der Waals surface area contributed by atoms with E-state index in [1.807, 2.05) is 20.9 Å². The molecule has 108 valence electrons. The Morgan fingerprint density at radius 2 is 2.24 bits per heavy atom. The Kier molecular flexibility index (Phi) is 3.17. The number of carbonyl (C=O) groups excluding carboxylic acids is 1. The highest BCUT2D eigenvalue weighted by Crippen LogP contribution is 2.20. The normalized spacial score (nSPS) is 11.0. The van der Waals surface area contributed by atoms with Crippen LogP contribution in [0.3, 0.4) is 0 Å². The van der Waals surface area contributed by atoms with Crippen LogP contribution in [0.5, 0.6) is 0 Å². The molecule has 0 aliphatic rings. The second kappa shape index (κ2) is 5.01. The van der Waals surface area contributed by atoms with Crippen LogP contribution in [-0.4, -0.2) is 32.4 Å². The van der Waals surface area contributed by atoms with Crippen molar-refractivity contribution in [1.82, 2.24) is 19.9 Å². The average molecular weight is 285 g/mol. The first kappa shape index (κ1) is 13.3. The summed E-state index contributed by atoms with van der Waals surface area (Å²) in [6.45, 7) is 4.28. The third kappa shape index (κ3) is 2.26. The van der Waals surface area contributed by atoms with E-state index in [4.69, 9.17) is 4.52 Å². The molecule has 0 radical (unpaired) electrons. The van der Waals surface area contributed by atoms with Gasteiger partial charge >= 0.3 is 0 Å². The Morgan fingerprint density at radius 1 is 1.43 bits per heavy atom. The van der Waals surface area contributed by atoms with Gasteiger partial charge < -0.3 is 9.42 Å². The molecule has 0 fully saturated rings. The number of hydrogen-bond acceptors (Lipinski definition) is 5. The summed E-state index contributed by atoms with van der Waals surface area (Å²) in [5.41, 5.74) is 2.41. The molecule has 0 unspecified atom stereocenters. The van der Waals surface area contributed by atoms with E-state index >= 15 is 0 Å². The highest BCUT2D eigenvalue weighted by atomic mass is 16.5. The Hall–Kier alpha value is -2.70. The van der Waals surface area contributed by atoms with E-state index in [9.17, 15) is 4.79 Å². The average Bonchev–Trinajstić information content (AvgIpc) is 3.06. The summed E-state index contributed by atoms with van der Waals surface area (Å²) in [5, 5.41) is 8.70. The topological polar surface area (TPSA) is 77.1 Å². The van der Waals surface area contributed by atoms with Gasteiger partial charge in [0.25, 0.3) is 11.6 Å². The molecule has 0 N–H and O–H groups in total. The Labute approximate surface area is 121 Å². The number of anilines is 1. The largest absolute Gasteiger partial charge is 0.336 e. The van der Waals surface area contributed by atoms with Crippen LogP contribution in [0, 0.1) is 6.92 Å². The SMILES string of the molecule is CCN(C(=O)c1cnc2onc(C)c2c1)c1cnn(C)c1. The van der Waals surface area contributed by atoms with Gasteiger partial charge in [0.2, 0.25) is 0 Å². The first-order valence-corrected chi connectivity index (χ1v) is 6.62. The monoisotopic (exact) mass is 285 g/mol. The summed E-state index contributed by atoms with van der Waals surface area (Å²) >= 11 is 0. The number of aromatic nitrogens is 4. The van der Waals surface area contributed by atoms with Gasteiger partial charge in [-0.1, -0.05) is 5.16 Å². The molecule has 0 spiro atoms. The summed E-state index contributed by atoms with van der Waals surface area (Å²) in [7, 11) is 1.82. The molecule has 21 heavy (non-hydrogen) atoms. The minimum atomic E-state index is -0.125. The fourth-order valence-electron chi connectivity index (χ4n) is 2.21. The molecule has 0 aromatic carbocycles. The lowest BCUT2D eigenvalue weighted by atomic mass is 10.2. The Balaban J connectivity index is 1.99. The second-order valence-corrected chi connectivity index (χ2v) is 4.77. The standard InChI is InChI=1S/C14H15N5O2/c1-4-19(11-7-16-18(3)8-11)14(20)10-5-12-9(2)17-21-13(12)15-6-10/h5-8H,4H2,1-3H3. The number of carbonyl (C=O) groups is 1. The number of nitrogens with zero attached hydrogens (tertiary/aromatic N) is 5. The van der Waals surface area contributed by atoms with Crippen LogP contribution in [0.15, 0.2) is 29.2 Å². The third-order valence-corrected chi connectivity index (χ3v) is 3.32. The summed E-state index contributed by atoms with van der Waals surface area (Å²) in [6.07, 6.45) is 4.98. The fraction of sp³-hybridized carbons (Fsp3) is 0.286. The summed E-state index contributed by atoms with van der Waals surface area (Å²) < 4.78 is 6.72. The van der Waals surface area contributed by atoms with Gasteiger partial charge in [0.05, 0.1) is 28.5 Å². The van der Waals surface area contributed by atoms with Crippen LogP contribution >= 0.6 is 0 Å². The zero-order valence-electron chi connectivity index (χ0n) is 12.1. The maximum Gasteiger partial charge on any atom is 0.259 e. The van der Waals surface area contributed by atoms with Crippen LogP contribution < -0.4 is 4.90 Å². The van der Waals surface area contributed by atoms with E-state index in [-0.39, 0.29) is 5.91 Å². The molecular formula is C14H15N5O2. The molecular weight excluding hydrogens is 270 g/mol. The molecule has 3 rings (SSSR count). The number of pyridine rings is 1. The zero-order valence-corrected chi connectivity index (χ0v) is 12.1. The molecule has 3 aromatic heterocycles. The lowest BCUT2D eigenvalue weighted by Crippen LogP contribution is -2.30. The molecule has 7 nitrogen and oxygen atoms in total. The number of rotatable bonds is 3. The van der Waals surface area contributed by atoms with Crippen molar-refractivity contribution >= 4 is 22.7 Å². The lowest BCUT2D eigenvalue weighted by Gasteiger charge is -2.18. The van der Waals surface area contributed by atoms with Gasteiger partial charge in [0.15, 0.2) is 0 Å². The van der Waals surface area contributed by atoms with Crippen LogP contribution in [0.25, 0.3) is 11.1 Å². The van der Waals surface area contributed by atoms with Crippen molar-refractivity contribution in [2.45, 2.75) is 13.8 Å². The Morgan fingerprint density at radius 3 is 2.90 bits per heavy atom. The van der Waals surface area contributed by atoms with E-state index in [2.05, 4.69) is 15.2 Å². The summed E-state index contributed by atoms with van der Waals surface area (Å²) in [4.78, 5) is 18.5. The van der Waals surface area contributed by atoms with Crippen molar-refractivity contribution in [1.29, 1.82) is 0 Å². The molecule has 0 saturated carbocycles. The summed E-state index contributed by atoms with van der Waals surface area (Å²) in [6, 6.07) is 1.76. The van der Waals surface area contributed by atoms with Gasteiger partial charge in [-0.3, -0.25) is 9.48 Å². The number of fused-ring (bicyclic) bond motifs is 1. The minimum absolute atomic E-state index is 0.125. The van der Waals surface area contributed by atoms with Gasteiger partial charge in [0, 0.05) is 26.0 Å². The van der Waals surface area contributed by atoms with Crippen LogP contribution in [0.4, 0.5) is 5.69 Å². The molecule has 1 amide bonds. The van der Waals surface area contributed by atoms with Crippen molar-refractivity contribution in [3.8, 4) is 0 Å². The Bertz CT molecular complexity index is 805. The van der Waals surface area contributed by atoms with Gasteiger partial charge in [0.1, 0.15) is 0 Å². The quantitative estimate of drug-likeness (QED) is 0.735. The molecule has 0 atom stereocenters. The molecule has 0 bridgehead atoms. The molecule has 3 aromatic rings. The van der Waals surface area contributed by atoms with Gasteiger partial charge in [-0.05, 0) is 19.9 Å². The molecule has 0 saturated heterocycles. The molecule has 3 heterocycles. The maximum absolute atomic E-state index is 12.7. The van der Waals surface area contributed by atoms with Gasteiger partial charge in [-0.25, -0.2) is 4.98 Å². The predicted molar refractivity (Wildman–Crippen MR) is 77.1 cm³/mol. The van der Waals surface area contributed by atoms with Gasteiger partial charge in [-0.2, -0.15) is 5.10 Å². The smallest absolute Gasteiger partial charge is 0.259 e. The highest BCUT2D eigenvalue weighted by Gasteiger charge is 2.19. The van der Waals surface area contributed by atoms with Crippen molar-refractivity contribution in [3.05, 3.63) is 35.9 Å². The predicted octanol–water partition coefficient (Wildman–Crippen LogP) is 1.93. The van der Waals surface area contributed by atoms with E-state index in [0.29, 0.717) is 17.8 Å². The minimum Gasteiger partial charge on any atom is -0.336 e. The van der Waals surface area contributed by atoms with Crippen molar-refractivity contribution in [3.63, 3.8) is 0 Å². The van der Waals surface area contributed by atoms with E-state index in [1.54, 1.807) is 28.0 Å². The fourth-order valence-corrected chi connectivity index (χ4v) is 2.21. The number of aryl methyl sites for hydroxylation is 2. The molecule has 0 aliphatic carbocycles.